The van der Waals surface area contributed by atoms with Crippen LogP contribution in [-0.2, 0) is 0 Å². The van der Waals surface area contributed by atoms with Gasteiger partial charge >= 0.3 is 0 Å². The van der Waals surface area contributed by atoms with E-state index in [4.69, 9.17) is 5.73 Å². The number of nitrogens with one attached hydrogen (secondary N) is 1. The van der Waals surface area contributed by atoms with E-state index in [1.54, 1.807) is 0 Å². The van der Waals surface area contributed by atoms with Crippen molar-refractivity contribution in [3.05, 3.63) is 41.6 Å². The highest BCUT2D eigenvalue weighted by molar-refractivity contribution is 5.62. The van der Waals surface area contributed by atoms with Crippen LogP contribution in [0.2, 0.25) is 0 Å². The first-order valence-corrected chi connectivity index (χ1v) is 6.62. The molecule has 18 heavy (non-hydrogen) atoms. The molecule has 3 N–H and O–H groups in total. The quantitative estimate of drug-likeness (QED) is 0.855. The van der Waals surface area contributed by atoms with Gasteiger partial charge in [0.1, 0.15) is 0 Å². The number of rotatable bonds is 3. The Hall–Kier alpha value is -1.48. The fraction of sp³-hybridized carbons (Fsp3) is 0.467. The third-order valence-corrected chi connectivity index (χ3v) is 3.54. The average Bonchev–Trinajstić information content (AvgIpc) is 2.38. The van der Waals surface area contributed by atoms with E-state index in [1.807, 2.05) is 12.3 Å². The van der Waals surface area contributed by atoms with Crippen LogP contribution in [0, 0.1) is 6.92 Å². The van der Waals surface area contributed by atoms with Crippen LogP contribution in [0.25, 0.3) is 5.70 Å². The standard InChI is InChI=1S/C15H23N3/c1-12-4-3-5-13(10-12)15(16)11-17-14-6-8-18(2)9-7-14/h3-5,10-11,14,17H,6-9,16H2,1-2H3/b15-11-. The second kappa shape index (κ2) is 5.91. The van der Waals surface area contributed by atoms with Gasteiger partial charge in [-0.2, -0.15) is 0 Å². The number of likely N-dealkylation sites (tertiary alicyclic amines) is 1. The topological polar surface area (TPSA) is 41.3 Å². The Balaban J connectivity index is 1.93. The summed E-state index contributed by atoms with van der Waals surface area (Å²) in [6, 6.07) is 8.85. The maximum atomic E-state index is 6.10. The van der Waals surface area contributed by atoms with Crippen molar-refractivity contribution in [2.24, 2.45) is 5.73 Å². The zero-order valence-corrected chi connectivity index (χ0v) is 11.3. The number of nitrogens with two attached hydrogens (primary N) is 1. The molecule has 1 aliphatic heterocycles. The molecule has 0 atom stereocenters. The smallest absolute Gasteiger partial charge is 0.0547 e. The van der Waals surface area contributed by atoms with Crippen LogP contribution in [-0.4, -0.2) is 31.1 Å². The molecule has 0 radical (unpaired) electrons. The lowest BCUT2D eigenvalue weighted by Gasteiger charge is -2.29. The summed E-state index contributed by atoms with van der Waals surface area (Å²) >= 11 is 0. The molecule has 1 aliphatic rings. The van der Waals surface area contributed by atoms with Gasteiger partial charge in [-0.1, -0.05) is 23.8 Å². The predicted octanol–water partition coefficient (Wildman–Crippen LogP) is 1.94. The Morgan fingerprint density at radius 3 is 2.78 bits per heavy atom. The normalized spacial score (nSPS) is 18.9. The minimum atomic E-state index is 0.560. The number of hydrogen-bond acceptors (Lipinski definition) is 3. The van der Waals surface area contributed by atoms with Crippen LogP contribution < -0.4 is 11.1 Å². The van der Waals surface area contributed by atoms with Crippen molar-refractivity contribution in [3.8, 4) is 0 Å². The molecule has 0 unspecified atom stereocenters. The molecule has 2 rings (SSSR count). The molecule has 0 spiro atoms. The summed E-state index contributed by atoms with van der Waals surface area (Å²) in [5.41, 5.74) is 9.25. The molecule has 3 nitrogen and oxygen atoms in total. The van der Waals surface area contributed by atoms with Crippen LogP contribution in [0.4, 0.5) is 0 Å². The van der Waals surface area contributed by atoms with Gasteiger partial charge in [0, 0.05) is 12.2 Å². The van der Waals surface area contributed by atoms with E-state index in [1.165, 1.54) is 18.4 Å². The number of piperidine rings is 1. The highest BCUT2D eigenvalue weighted by Gasteiger charge is 2.14. The lowest BCUT2D eigenvalue weighted by atomic mass is 10.1. The summed E-state index contributed by atoms with van der Waals surface area (Å²) in [6.45, 7) is 4.41. The molecule has 1 aromatic carbocycles. The second-order valence-corrected chi connectivity index (χ2v) is 5.21. The van der Waals surface area contributed by atoms with Gasteiger partial charge in [-0.15, -0.1) is 0 Å². The maximum absolute atomic E-state index is 6.10. The second-order valence-electron chi connectivity index (χ2n) is 5.21. The van der Waals surface area contributed by atoms with Crippen molar-refractivity contribution in [1.29, 1.82) is 0 Å². The SMILES string of the molecule is Cc1cccc(/C(N)=C/NC2CCN(C)CC2)c1. The van der Waals surface area contributed by atoms with Gasteiger partial charge < -0.3 is 16.0 Å². The molecule has 0 aromatic heterocycles. The molecule has 1 saturated heterocycles. The van der Waals surface area contributed by atoms with Crippen LogP contribution in [0.5, 0.6) is 0 Å². The molecule has 98 valence electrons. The van der Waals surface area contributed by atoms with E-state index >= 15 is 0 Å². The highest BCUT2D eigenvalue weighted by atomic mass is 15.1. The monoisotopic (exact) mass is 245 g/mol. The van der Waals surface area contributed by atoms with Crippen LogP contribution in [0.1, 0.15) is 24.0 Å². The first-order chi connectivity index (χ1) is 8.65. The Kier molecular flexibility index (Phi) is 4.26. The molecular weight excluding hydrogens is 222 g/mol. The van der Waals surface area contributed by atoms with E-state index in [2.05, 4.69) is 42.4 Å². The van der Waals surface area contributed by atoms with Gasteiger partial charge in [0.15, 0.2) is 0 Å². The number of benzene rings is 1. The summed E-state index contributed by atoms with van der Waals surface area (Å²) in [5, 5.41) is 3.45. The molecule has 1 aromatic rings. The fourth-order valence-corrected chi connectivity index (χ4v) is 2.29. The zero-order valence-electron chi connectivity index (χ0n) is 11.3. The van der Waals surface area contributed by atoms with E-state index in [9.17, 15) is 0 Å². The van der Waals surface area contributed by atoms with Crippen LogP contribution >= 0.6 is 0 Å². The minimum Gasteiger partial charge on any atom is -0.397 e. The Labute approximate surface area is 110 Å². The third-order valence-electron chi connectivity index (χ3n) is 3.54. The Morgan fingerprint density at radius 2 is 2.11 bits per heavy atom. The van der Waals surface area contributed by atoms with Gasteiger partial charge in [0.25, 0.3) is 0 Å². The van der Waals surface area contributed by atoms with Crippen molar-refractivity contribution in [2.75, 3.05) is 20.1 Å². The lowest BCUT2D eigenvalue weighted by molar-refractivity contribution is 0.244. The molecule has 1 fully saturated rings. The Bertz CT molecular complexity index is 418. The van der Waals surface area contributed by atoms with Gasteiger partial charge in [0.05, 0.1) is 5.70 Å². The average molecular weight is 245 g/mol. The first-order valence-electron chi connectivity index (χ1n) is 6.62. The molecule has 0 bridgehead atoms. The zero-order chi connectivity index (χ0) is 13.0. The number of hydrogen-bond donors (Lipinski definition) is 2. The third kappa shape index (κ3) is 3.50. The largest absolute Gasteiger partial charge is 0.397 e. The van der Waals surface area contributed by atoms with Gasteiger partial charge in [-0.05, 0) is 51.5 Å². The fourth-order valence-electron chi connectivity index (χ4n) is 2.29. The molecule has 0 saturated carbocycles. The van der Waals surface area contributed by atoms with Crippen molar-refractivity contribution in [3.63, 3.8) is 0 Å². The van der Waals surface area contributed by atoms with Crippen molar-refractivity contribution in [2.45, 2.75) is 25.8 Å². The first kappa shape index (κ1) is 13.0. The predicted molar refractivity (Wildman–Crippen MR) is 77.0 cm³/mol. The summed E-state index contributed by atoms with van der Waals surface area (Å²) in [5.74, 6) is 0. The Morgan fingerprint density at radius 1 is 1.39 bits per heavy atom. The van der Waals surface area contributed by atoms with Gasteiger partial charge in [-0.3, -0.25) is 0 Å². The number of nitrogens with zero attached hydrogens (tertiary/aromatic N) is 1. The van der Waals surface area contributed by atoms with Gasteiger partial charge in [0.2, 0.25) is 0 Å². The minimum absolute atomic E-state index is 0.560. The van der Waals surface area contributed by atoms with Gasteiger partial charge in [-0.25, -0.2) is 0 Å². The lowest BCUT2D eigenvalue weighted by Crippen LogP contribution is -2.39. The molecule has 1 heterocycles. The summed E-state index contributed by atoms with van der Waals surface area (Å²) in [7, 11) is 2.17. The maximum Gasteiger partial charge on any atom is 0.0547 e. The van der Waals surface area contributed by atoms with Crippen molar-refractivity contribution in [1.82, 2.24) is 10.2 Å². The molecule has 3 heteroatoms. The summed E-state index contributed by atoms with van der Waals surface area (Å²) in [4.78, 5) is 2.37. The van der Waals surface area contributed by atoms with Crippen molar-refractivity contribution < 1.29 is 0 Å². The van der Waals surface area contributed by atoms with E-state index in [0.29, 0.717) is 6.04 Å². The van der Waals surface area contributed by atoms with E-state index in [-0.39, 0.29) is 0 Å². The number of aryl methyl sites for hydroxylation is 1. The summed E-state index contributed by atoms with van der Waals surface area (Å²) in [6.07, 6.45) is 4.34. The molecule has 0 aliphatic carbocycles. The summed E-state index contributed by atoms with van der Waals surface area (Å²) < 4.78 is 0. The van der Waals surface area contributed by atoms with Crippen molar-refractivity contribution >= 4 is 5.70 Å². The van der Waals surface area contributed by atoms with Crippen LogP contribution in [0.15, 0.2) is 30.5 Å². The highest BCUT2D eigenvalue weighted by Crippen LogP contribution is 2.12. The molecule has 0 amide bonds. The molecular formula is C15H23N3. The van der Waals surface area contributed by atoms with Crippen LogP contribution in [0.3, 0.4) is 0 Å². The van der Waals surface area contributed by atoms with E-state index in [0.717, 1.165) is 24.4 Å². The van der Waals surface area contributed by atoms with E-state index < -0.39 is 0 Å².